The number of nitrogens with one attached hydrogen (secondary N) is 1. The van der Waals surface area contributed by atoms with E-state index in [1.165, 1.54) is 14.0 Å². The van der Waals surface area contributed by atoms with Crippen LogP contribution in [0.5, 0.6) is 0 Å². The predicted molar refractivity (Wildman–Crippen MR) is 68.1 cm³/mol. The van der Waals surface area contributed by atoms with Gasteiger partial charge in [0.25, 0.3) is 0 Å². The lowest BCUT2D eigenvalue weighted by Crippen LogP contribution is -2.39. The van der Waals surface area contributed by atoms with Crippen molar-refractivity contribution in [2.24, 2.45) is 0 Å². The molecule has 0 radical (unpaired) electrons. The Bertz CT molecular complexity index is 510. The number of hydrogen-bond acceptors (Lipinski definition) is 5. The Morgan fingerprint density at radius 2 is 1.94 bits per heavy atom. The molecule has 0 amide bonds. The summed E-state index contributed by atoms with van der Waals surface area (Å²) in [5.74, 6) is -0.842. The largest absolute Gasteiger partial charge is 0.468 e. The van der Waals surface area contributed by atoms with Gasteiger partial charge in [-0.25, -0.2) is 13.1 Å². The Balaban J connectivity index is 2.70. The van der Waals surface area contributed by atoms with Gasteiger partial charge in [0.1, 0.15) is 6.04 Å². The number of nitrogens with two attached hydrogens (primary N) is 1. The Hall–Kier alpha value is -1.60. The fraction of sp³-hybridized carbons (Fsp3) is 0.364. The van der Waals surface area contributed by atoms with Crippen LogP contribution in [0, 0.1) is 0 Å². The molecule has 0 aliphatic heterocycles. The standard InChI is InChI=1S/C11H16N2O4S/c1-8(11(14)17-2)13-18(15,16)7-9-3-5-10(12)6-4-9/h3-6,8,13H,7,12H2,1-2H3. The fourth-order valence-electron chi connectivity index (χ4n) is 1.37. The van der Waals surface area contributed by atoms with Gasteiger partial charge in [0, 0.05) is 5.69 Å². The Morgan fingerprint density at radius 3 is 2.44 bits per heavy atom. The van der Waals surface area contributed by atoms with Crippen molar-refractivity contribution in [3.05, 3.63) is 29.8 Å². The van der Waals surface area contributed by atoms with E-state index in [-0.39, 0.29) is 5.75 Å². The molecule has 0 bridgehead atoms. The zero-order chi connectivity index (χ0) is 13.8. The molecular formula is C11H16N2O4S. The minimum atomic E-state index is -3.59. The van der Waals surface area contributed by atoms with Crippen molar-refractivity contribution < 1.29 is 17.9 Å². The van der Waals surface area contributed by atoms with Gasteiger partial charge in [-0.2, -0.15) is 0 Å². The highest BCUT2D eigenvalue weighted by atomic mass is 32.2. The number of carbonyl (C=O) groups excluding carboxylic acids is 1. The number of sulfonamides is 1. The van der Waals surface area contributed by atoms with E-state index in [2.05, 4.69) is 9.46 Å². The summed E-state index contributed by atoms with van der Waals surface area (Å²) in [6.07, 6.45) is 0. The van der Waals surface area contributed by atoms with E-state index in [0.717, 1.165) is 0 Å². The highest BCUT2D eigenvalue weighted by Gasteiger charge is 2.20. The molecule has 1 rings (SSSR count). The lowest BCUT2D eigenvalue weighted by molar-refractivity contribution is -0.142. The molecule has 6 nitrogen and oxygen atoms in total. The molecule has 1 unspecified atom stereocenters. The van der Waals surface area contributed by atoms with Crippen LogP contribution in [0.1, 0.15) is 12.5 Å². The van der Waals surface area contributed by atoms with Gasteiger partial charge in [0.05, 0.1) is 12.9 Å². The minimum absolute atomic E-state index is 0.214. The number of esters is 1. The summed E-state index contributed by atoms with van der Waals surface area (Å²) >= 11 is 0. The summed E-state index contributed by atoms with van der Waals surface area (Å²) in [4.78, 5) is 11.1. The molecule has 0 fully saturated rings. The van der Waals surface area contributed by atoms with Crippen LogP contribution < -0.4 is 10.5 Å². The summed E-state index contributed by atoms with van der Waals surface area (Å²) in [6, 6.07) is 5.58. The van der Waals surface area contributed by atoms with Gasteiger partial charge in [0.2, 0.25) is 10.0 Å². The summed E-state index contributed by atoms with van der Waals surface area (Å²) in [5.41, 5.74) is 6.66. The molecule has 100 valence electrons. The molecule has 1 aromatic rings. The molecule has 0 spiro atoms. The van der Waals surface area contributed by atoms with Crippen LogP contribution in [-0.4, -0.2) is 27.5 Å². The summed E-state index contributed by atoms with van der Waals surface area (Å²) in [6.45, 7) is 1.42. The molecular weight excluding hydrogens is 256 g/mol. The molecule has 0 saturated heterocycles. The van der Waals surface area contributed by atoms with Gasteiger partial charge in [-0.3, -0.25) is 4.79 Å². The van der Waals surface area contributed by atoms with Gasteiger partial charge in [-0.05, 0) is 24.6 Å². The van der Waals surface area contributed by atoms with Crippen LogP contribution in [0.2, 0.25) is 0 Å². The number of rotatable bonds is 5. The van der Waals surface area contributed by atoms with Crippen molar-refractivity contribution in [1.29, 1.82) is 0 Å². The second kappa shape index (κ2) is 5.83. The third kappa shape index (κ3) is 4.34. The minimum Gasteiger partial charge on any atom is -0.468 e. The van der Waals surface area contributed by atoms with Crippen LogP contribution in [0.15, 0.2) is 24.3 Å². The molecule has 1 aromatic carbocycles. The lowest BCUT2D eigenvalue weighted by atomic mass is 10.2. The molecule has 0 heterocycles. The number of ether oxygens (including phenoxy) is 1. The van der Waals surface area contributed by atoms with E-state index in [0.29, 0.717) is 11.3 Å². The fourth-order valence-corrected chi connectivity index (χ4v) is 2.72. The van der Waals surface area contributed by atoms with E-state index in [9.17, 15) is 13.2 Å². The number of nitrogen functional groups attached to an aromatic ring is 1. The van der Waals surface area contributed by atoms with Gasteiger partial charge < -0.3 is 10.5 Å². The number of benzene rings is 1. The summed E-state index contributed by atoms with van der Waals surface area (Å²) < 4.78 is 30.2. The lowest BCUT2D eigenvalue weighted by Gasteiger charge is -2.12. The average molecular weight is 272 g/mol. The van der Waals surface area contributed by atoms with Crippen LogP contribution in [0.4, 0.5) is 5.69 Å². The van der Waals surface area contributed by atoms with Crippen molar-refractivity contribution in [2.75, 3.05) is 12.8 Å². The van der Waals surface area contributed by atoms with Crippen LogP contribution >= 0.6 is 0 Å². The molecule has 0 aliphatic rings. The SMILES string of the molecule is COC(=O)C(C)NS(=O)(=O)Cc1ccc(N)cc1. The summed E-state index contributed by atoms with van der Waals surface area (Å²) in [5, 5.41) is 0. The summed E-state index contributed by atoms with van der Waals surface area (Å²) in [7, 11) is -2.39. The second-order valence-corrected chi connectivity index (χ2v) is 5.62. The van der Waals surface area contributed by atoms with Crippen molar-refractivity contribution in [3.63, 3.8) is 0 Å². The maximum Gasteiger partial charge on any atom is 0.323 e. The number of methoxy groups -OCH3 is 1. The first kappa shape index (κ1) is 14.5. The highest BCUT2D eigenvalue weighted by molar-refractivity contribution is 7.88. The van der Waals surface area contributed by atoms with E-state index in [1.54, 1.807) is 24.3 Å². The Labute approximate surface area is 106 Å². The Morgan fingerprint density at radius 1 is 1.39 bits per heavy atom. The van der Waals surface area contributed by atoms with Gasteiger partial charge in [-0.15, -0.1) is 0 Å². The quantitative estimate of drug-likeness (QED) is 0.591. The second-order valence-electron chi connectivity index (χ2n) is 3.86. The topological polar surface area (TPSA) is 98.5 Å². The van der Waals surface area contributed by atoms with Gasteiger partial charge in [0.15, 0.2) is 0 Å². The zero-order valence-corrected chi connectivity index (χ0v) is 11.0. The van der Waals surface area contributed by atoms with Crippen molar-refractivity contribution in [3.8, 4) is 0 Å². The normalized spacial score (nSPS) is 13.0. The molecule has 1 atom stereocenters. The van der Waals surface area contributed by atoms with E-state index in [4.69, 9.17) is 5.73 Å². The van der Waals surface area contributed by atoms with E-state index < -0.39 is 22.0 Å². The number of hydrogen-bond donors (Lipinski definition) is 2. The first-order chi connectivity index (χ1) is 8.34. The van der Waals surface area contributed by atoms with Crippen molar-refractivity contribution in [1.82, 2.24) is 4.72 Å². The van der Waals surface area contributed by atoms with E-state index in [1.807, 2.05) is 0 Å². The maximum absolute atomic E-state index is 11.8. The van der Waals surface area contributed by atoms with Crippen molar-refractivity contribution in [2.45, 2.75) is 18.7 Å². The van der Waals surface area contributed by atoms with E-state index >= 15 is 0 Å². The molecule has 0 aromatic heterocycles. The molecule has 7 heteroatoms. The molecule has 0 saturated carbocycles. The molecule has 3 N–H and O–H groups in total. The zero-order valence-electron chi connectivity index (χ0n) is 10.2. The number of anilines is 1. The van der Waals surface area contributed by atoms with Crippen molar-refractivity contribution >= 4 is 21.7 Å². The monoisotopic (exact) mass is 272 g/mol. The number of carbonyl (C=O) groups is 1. The van der Waals surface area contributed by atoms with Crippen LogP contribution in [0.25, 0.3) is 0 Å². The predicted octanol–water partition coefficient (Wildman–Crippen LogP) is 0.250. The van der Waals surface area contributed by atoms with Gasteiger partial charge >= 0.3 is 5.97 Å². The Kier molecular flexibility index (Phi) is 4.69. The third-order valence-electron chi connectivity index (χ3n) is 2.25. The smallest absolute Gasteiger partial charge is 0.323 e. The third-order valence-corrected chi connectivity index (χ3v) is 3.67. The maximum atomic E-state index is 11.8. The van der Waals surface area contributed by atoms with Crippen LogP contribution in [-0.2, 0) is 25.3 Å². The van der Waals surface area contributed by atoms with Crippen LogP contribution in [0.3, 0.4) is 0 Å². The average Bonchev–Trinajstić information content (AvgIpc) is 2.30. The highest BCUT2D eigenvalue weighted by Crippen LogP contribution is 2.09. The first-order valence-electron chi connectivity index (χ1n) is 5.26. The first-order valence-corrected chi connectivity index (χ1v) is 6.91. The molecule has 18 heavy (non-hydrogen) atoms. The molecule has 0 aliphatic carbocycles. The van der Waals surface area contributed by atoms with Gasteiger partial charge in [-0.1, -0.05) is 12.1 Å².